The Labute approximate surface area is 331 Å². The number of alkyl carbamates (subject to hydrolysis) is 1. The van der Waals surface area contributed by atoms with E-state index in [2.05, 4.69) is 5.32 Å². The molecule has 0 spiro atoms. The number of esters is 1. The number of allylic oxidation sites excluding steroid dienone is 3. The maximum Gasteiger partial charge on any atom is 0.409 e. The van der Waals surface area contributed by atoms with Crippen molar-refractivity contribution in [3.63, 3.8) is 0 Å². The third kappa shape index (κ3) is 9.45. The second kappa shape index (κ2) is 17.6. The summed E-state index contributed by atoms with van der Waals surface area (Å²) in [5.41, 5.74) is 3.43. The predicted molar refractivity (Wildman–Crippen MR) is 208 cm³/mol. The van der Waals surface area contributed by atoms with Crippen LogP contribution in [0.1, 0.15) is 63.4 Å². The largest absolute Gasteiger partial charge is 0.495 e. The number of halogens is 2. The van der Waals surface area contributed by atoms with E-state index in [-0.39, 0.29) is 22.7 Å². The van der Waals surface area contributed by atoms with Gasteiger partial charge < -0.3 is 44.7 Å². The number of methoxy groups -OCH3 is 2. The molecule has 14 nitrogen and oxygen atoms in total. The molecule has 5 N–H and O–H groups in total. The molecular formula is C40H52ClFN4O10. The number of carbonyl (C=O) groups excluding carboxylic acids is 4. The number of anilines is 2. The van der Waals surface area contributed by atoms with Gasteiger partial charge in [-0.2, -0.15) is 0 Å². The molecule has 1 fully saturated rings. The van der Waals surface area contributed by atoms with E-state index < -0.39 is 83.6 Å². The second-order valence-corrected chi connectivity index (χ2v) is 15.2. The number of ether oxygens (including phenoxy) is 4. The van der Waals surface area contributed by atoms with E-state index in [0.29, 0.717) is 17.9 Å². The van der Waals surface area contributed by atoms with Crippen LogP contribution in [-0.2, 0) is 30.2 Å². The van der Waals surface area contributed by atoms with Crippen molar-refractivity contribution in [2.75, 3.05) is 38.9 Å². The SMILES string of the molecule is COc1cc2cc(c1Cl)N(C)C(=O)C[C@H](OC(=O)[C@H](C)N(C)C(=O)c1ccc(F)c(N)c1)[C@](C)(O)[C@@H](C)[C@H](C)[C@@H]1C[C@@](O)(NC(=O)O1)[C@H](OC)/C=C/C=C(\C)C2. The van der Waals surface area contributed by atoms with Gasteiger partial charge in [0.25, 0.3) is 5.91 Å². The van der Waals surface area contributed by atoms with Crippen LogP contribution in [0.3, 0.4) is 0 Å². The van der Waals surface area contributed by atoms with Gasteiger partial charge in [-0.25, -0.2) is 14.0 Å². The molecule has 0 saturated carbocycles. The number of nitrogen functional groups attached to an aromatic ring is 1. The highest BCUT2D eigenvalue weighted by Gasteiger charge is 2.51. The van der Waals surface area contributed by atoms with Gasteiger partial charge in [0.2, 0.25) is 5.91 Å². The van der Waals surface area contributed by atoms with Crippen LogP contribution in [0.4, 0.5) is 20.6 Å². The Kier molecular flexibility index (Phi) is 13.8. The number of nitrogens with one attached hydrogen (secondary N) is 1. The standard InChI is InChI=1S/C40H52ClFN4O10/c1-21-11-10-12-32(54-9)40(52)20-31(55-38(50)44-40)22(2)23(3)39(5,51)33(19-34(47)46(7)29-16-25(15-21)17-30(53-8)35(29)41)56-37(49)24(4)45(6)36(48)26-13-14-27(42)28(43)18-26/h10-14,16-18,22-24,31-33,51-52H,15,19-20,43H2,1-9H3,(H,44,50)/b12-10+,21-11+/t22-,23-,24-,31-,32+,33-,39+,40-/m0/s1. The molecule has 4 rings (SSSR count). The van der Waals surface area contributed by atoms with Gasteiger partial charge in [0.15, 0.2) is 5.72 Å². The normalized spacial score (nSPS) is 29.6. The van der Waals surface area contributed by atoms with Crippen LogP contribution in [0.2, 0.25) is 5.02 Å². The van der Waals surface area contributed by atoms with Gasteiger partial charge >= 0.3 is 12.1 Å². The zero-order valence-corrected chi connectivity index (χ0v) is 33.8. The molecule has 2 aromatic carbocycles. The Balaban J connectivity index is 1.79. The van der Waals surface area contributed by atoms with Gasteiger partial charge in [0.1, 0.15) is 46.5 Å². The lowest BCUT2D eigenvalue weighted by atomic mass is 9.73. The van der Waals surface area contributed by atoms with Gasteiger partial charge in [0, 0.05) is 33.2 Å². The van der Waals surface area contributed by atoms with Gasteiger partial charge in [0.05, 0.1) is 24.9 Å². The number of likely N-dealkylation sites (N-methyl/N-ethyl adjacent to an activating group) is 1. The highest BCUT2D eigenvalue weighted by molar-refractivity contribution is 6.35. The topological polar surface area (TPSA) is 190 Å². The molecule has 0 unspecified atom stereocenters. The van der Waals surface area contributed by atoms with E-state index >= 15 is 0 Å². The van der Waals surface area contributed by atoms with Crippen molar-refractivity contribution in [2.45, 2.75) is 89.6 Å². The number of carbonyl (C=O) groups is 4. The third-order valence-corrected chi connectivity index (χ3v) is 11.4. The molecule has 8 atom stereocenters. The Hall–Kier alpha value is -4.70. The number of rotatable bonds is 6. The molecule has 0 radical (unpaired) electrons. The van der Waals surface area contributed by atoms with Gasteiger partial charge in [-0.1, -0.05) is 49.2 Å². The number of nitrogens with zero attached hydrogens (tertiary/aromatic N) is 2. The second-order valence-electron chi connectivity index (χ2n) is 14.8. The summed E-state index contributed by atoms with van der Waals surface area (Å²) in [5.74, 6) is -4.20. The number of fused-ring (bicyclic) bond motifs is 4. The lowest BCUT2D eigenvalue weighted by Crippen LogP contribution is -2.64. The van der Waals surface area contributed by atoms with E-state index in [1.165, 1.54) is 53.1 Å². The van der Waals surface area contributed by atoms with Gasteiger partial charge in [-0.05, 0) is 74.9 Å². The maximum atomic E-state index is 14.2. The molecule has 1 saturated heterocycles. The summed E-state index contributed by atoms with van der Waals surface area (Å²) < 4.78 is 36.6. The molecule has 2 aliphatic heterocycles. The van der Waals surface area contributed by atoms with E-state index in [1.807, 2.05) is 13.0 Å². The molecular weight excluding hydrogens is 751 g/mol. The van der Waals surface area contributed by atoms with Crippen LogP contribution >= 0.6 is 11.6 Å². The van der Waals surface area contributed by atoms with Crippen molar-refractivity contribution in [3.05, 3.63) is 76.1 Å². The lowest BCUT2D eigenvalue weighted by Gasteiger charge is -2.46. The van der Waals surface area contributed by atoms with Crippen molar-refractivity contribution in [1.29, 1.82) is 0 Å². The maximum absolute atomic E-state index is 14.2. The molecule has 2 heterocycles. The summed E-state index contributed by atoms with van der Waals surface area (Å²) in [6, 6.07) is 5.62. The minimum Gasteiger partial charge on any atom is -0.495 e. The summed E-state index contributed by atoms with van der Waals surface area (Å²) in [7, 11) is 5.67. The van der Waals surface area contributed by atoms with Crippen molar-refractivity contribution >= 4 is 46.9 Å². The van der Waals surface area contributed by atoms with Crippen molar-refractivity contribution in [2.24, 2.45) is 11.8 Å². The molecule has 16 heteroatoms. The van der Waals surface area contributed by atoms with Gasteiger partial charge in [-0.3, -0.25) is 14.9 Å². The third-order valence-electron chi connectivity index (χ3n) is 11.1. The Bertz CT molecular complexity index is 1890. The smallest absolute Gasteiger partial charge is 0.409 e. The summed E-state index contributed by atoms with van der Waals surface area (Å²) >= 11 is 6.74. The molecule has 56 heavy (non-hydrogen) atoms. The predicted octanol–water partition coefficient (Wildman–Crippen LogP) is 4.78. The first-order chi connectivity index (χ1) is 26.1. The van der Waals surface area contributed by atoms with Crippen LogP contribution in [0.5, 0.6) is 5.75 Å². The lowest BCUT2D eigenvalue weighted by molar-refractivity contribution is -0.185. The molecule has 306 valence electrons. The number of hydrogen-bond acceptors (Lipinski definition) is 11. The minimum absolute atomic E-state index is 0.0205. The highest BCUT2D eigenvalue weighted by Crippen LogP contribution is 2.40. The first-order valence-electron chi connectivity index (χ1n) is 18.1. The van der Waals surface area contributed by atoms with Crippen molar-refractivity contribution in [1.82, 2.24) is 10.2 Å². The molecule has 0 aliphatic carbocycles. The average Bonchev–Trinajstić information content (AvgIpc) is 3.15. The zero-order valence-electron chi connectivity index (χ0n) is 33.1. The Morgan fingerprint density at radius 3 is 2.48 bits per heavy atom. The number of nitrogens with two attached hydrogens (primary N) is 1. The van der Waals surface area contributed by atoms with E-state index in [0.717, 1.165) is 28.2 Å². The van der Waals surface area contributed by atoms with Crippen molar-refractivity contribution in [3.8, 4) is 5.75 Å². The van der Waals surface area contributed by atoms with E-state index in [1.54, 1.807) is 38.1 Å². The number of amides is 3. The van der Waals surface area contributed by atoms with Gasteiger partial charge in [-0.15, -0.1) is 0 Å². The molecule has 0 aromatic heterocycles. The zero-order chi connectivity index (χ0) is 41.9. The van der Waals surface area contributed by atoms with Crippen LogP contribution < -0.4 is 20.7 Å². The molecule has 3 amide bonds. The Morgan fingerprint density at radius 1 is 1.18 bits per heavy atom. The summed E-state index contributed by atoms with van der Waals surface area (Å²) in [4.78, 5) is 56.6. The summed E-state index contributed by atoms with van der Waals surface area (Å²) in [5, 5.41) is 26.7. The van der Waals surface area contributed by atoms with Crippen LogP contribution in [0.25, 0.3) is 0 Å². The first-order valence-corrected chi connectivity index (χ1v) is 18.5. The highest BCUT2D eigenvalue weighted by atomic mass is 35.5. The fourth-order valence-electron chi connectivity index (χ4n) is 6.89. The molecule has 2 aromatic rings. The van der Waals surface area contributed by atoms with Crippen LogP contribution in [0, 0.1) is 17.7 Å². The number of benzene rings is 2. The number of hydrogen-bond donors (Lipinski definition) is 4. The molecule has 4 bridgehead atoms. The first kappa shape index (κ1) is 44.0. The minimum atomic E-state index is -2.00. The van der Waals surface area contributed by atoms with Crippen LogP contribution in [-0.4, -0.2) is 103 Å². The monoisotopic (exact) mass is 802 g/mol. The number of aliphatic hydroxyl groups is 2. The molecule has 2 aliphatic rings. The fraction of sp³-hybridized carbons (Fsp3) is 0.500. The Morgan fingerprint density at radius 2 is 1.86 bits per heavy atom. The van der Waals surface area contributed by atoms with Crippen molar-refractivity contribution < 1.29 is 52.7 Å². The van der Waals surface area contributed by atoms with E-state index in [4.69, 9.17) is 36.3 Å². The van der Waals surface area contributed by atoms with Crippen LogP contribution in [0.15, 0.2) is 54.1 Å². The quantitative estimate of drug-likeness (QED) is 0.232. The fourth-order valence-corrected chi connectivity index (χ4v) is 7.20. The summed E-state index contributed by atoms with van der Waals surface area (Å²) in [6.45, 7) is 8.01. The van der Waals surface area contributed by atoms with E-state index in [9.17, 15) is 33.8 Å². The summed E-state index contributed by atoms with van der Waals surface area (Å²) in [6.07, 6.45) is 0.372. The average molecular weight is 803 g/mol.